The zero-order valence-corrected chi connectivity index (χ0v) is 19.0. The Bertz CT molecular complexity index is 1000. The van der Waals surface area contributed by atoms with E-state index in [-0.39, 0.29) is 12.2 Å². The molecule has 2 aromatic rings. The Hall–Kier alpha value is -2.63. The molecule has 0 spiro atoms. The molecule has 0 fully saturated rings. The second-order valence-corrected chi connectivity index (χ2v) is 8.03. The largest absolute Gasteiger partial charge is 0.493 e. The molecule has 0 bridgehead atoms. The molecule has 0 saturated carbocycles. The lowest BCUT2D eigenvalue weighted by Crippen LogP contribution is -2.16. The van der Waals surface area contributed by atoms with Crippen molar-refractivity contribution in [2.45, 2.75) is 27.7 Å². The molecule has 1 amide bonds. The quantitative estimate of drug-likeness (QED) is 0.334. The smallest absolute Gasteiger partial charge is 0.341 e. The number of nitriles is 1. The summed E-state index contributed by atoms with van der Waals surface area (Å²) in [4.78, 5) is 25.8. The predicted molar refractivity (Wildman–Crippen MR) is 117 cm³/mol. The number of hydrogen-bond acceptors (Lipinski definition) is 6. The third kappa shape index (κ3) is 5.46. The molecule has 1 aromatic heterocycles. The molecule has 1 heterocycles. The van der Waals surface area contributed by atoms with Crippen molar-refractivity contribution in [1.82, 2.24) is 0 Å². The van der Waals surface area contributed by atoms with Gasteiger partial charge in [-0.2, -0.15) is 5.26 Å². The second kappa shape index (κ2) is 10.2. The molecule has 0 unspecified atom stereocenters. The monoisotopic (exact) mass is 476 g/mol. The van der Waals surface area contributed by atoms with Crippen molar-refractivity contribution in [3.8, 4) is 11.8 Å². The standard InChI is InChI=1S/C21H21BrN2O4S/c1-5-27-17-8-7-14(10-16(17)22)9-15(11-23)19(25)24-20-18(21(26)28-6-2)12(3)13(4)29-20/h7-10H,5-6H2,1-4H3,(H,24,25)/b15-9+. The Morgan fingerprint density at radius 2 is 2.00 bits per heavy atom. The average molecular weight is 477 g/mol. The highest BCUT2D eigenvalue weighted by Gasteiger charge is 2.23. The van der Waals surface area contributed by atoms with Crippen LogP contribution in [0.3, 0.4) is 0 Å². The summed E-state index contributed by atoms with van der Waals surface area (Å²) in [6.07, 6.45) is 1.48. The van der Waals surface area contributed by atoms with Gasteiger partial charge in [-0.05, 0) is 73.0 Å². The first-order valence-corrected chi connectivity index (χ1v) is 10.6. The summed E-state index contributed by atoms with van der Waals surface area (Å²) < 4.78 is 11.3. The normalized spacial score (nSPS) is 11.0. The number of carbonyl (C=O) groups is 2. The van der Waals surface area contributed by atoms with Gasteiger partial charge in [0.25, 0.3) is 5.91 Å². The zero-order valence-electron chi connectivity index (χ0n) is 16.6. The van der Waals surface area contributed by atoms with Crippen LogP contribution in [0.25, 0.3) is 6.08 Å². The van der Waals surface area contributed by atoms with Crippen molar-refractivity contribution in [3.05, 3.63) is 49.8 Å². The third-order valence-electron chi connectivity index (χ3n) is 4.02. The maximum absolute atomic E-state index is 12.7. The van der Waals surface area contributed by atoms with E-state index in [1.54, 1.807) is 32.0 Å². The molecular weight excluding hydrogens is 456 g/mol. The molecule has 0 atom stereocenters. The Kier molecular flexibility index (Phi) is 8.00. The molecule has 0 aliphatic heterocycles. The van der Waals surface area contributed by atoms with Crippen LogP contribution >= 0.6 is 27.3 Å². The van der Waals surface area contributed by atoms with Crippen molar-refractivity contribution < 1.29 is 19.1 Å². The molecule has 8 heteroatoms. The first-order chi connectivity index (χ1) is 13.8. The van der Waals surface area contributed by atoms with Crippen molar-refractivity contribution in [2.75, 3.05) is 18.5 Å². The predicted octanol–water partition coefficient (Wildman–Crippen LogP) is 5.25. The molecule has 29 heavy (non-hydrogen) atoms. The summed E-state index contributed by atoms with van der Waals surface area (Å²) in [6, 6.07) is 7.19. The lowest BCUT2D eigenvalue weighted by molar-refractivity contribution is -0.112. The highest BCUT2D eigenvalue weighted by atomic mass is 79.9. The highest BCUT2D eigenvalue weighted by molar-refractivity contribution is 9.10. The summed E-state index contributed by atoms with van der Waals surface area (Å²) in [5, 5.41) is 12.5. The summed E-state index contributed by atoms with van der Waals surface area (Å²) in [6.45, 7) is 8.02. The molecule has 6 nitrogen and oxygen atoms in total. The first kappa shape index (κ1) is 22.7. The van der Waals surface area contributed by atoms with Gasteiger partial charge in [-0.15, -0.1) is 11.3 Å². The minimum atomic E-state index is -0.593. The second-order valence-electron chi connectivity index (χ2n) is 5.95. The van der Waals surface area contributed by atoms with Gasteiger partial charge in [0.15, 0.2) is 0 Å². The van der Waals surface area contributed by atoms with E-state index in [1.165, 1.54) is 17.4 Å². The average Bonchev–Trinajstić information content (AvgIpc) is 2.95. The summed E-state index contributed by atoms with van der Waals surface area (Å²) >= 11 is 4.69. The van der Waals surface area contributed by atoms with Crippen LogP contribution in [0.15, 0.2) is 28.2 Å². The number of nitrogens with one attached hydrogen (secondary N) is 1. The number of anilines is 1. The van der Waals surface area contributed by atoms with Gasteiger partial charge >= 0.3 is 5.97 Å². The Labute approximate surface area is 182 Å². The lowest BCUT2D eigenvalue weighted by Gasteiger charge is -2.08. The number of halogens is 1. The molecular formula is C21H21BrN2O4S. The first-order valence-electron chi connectivity index (χ1n) is 8.94. The number of amides is 1. The van der Waals surface area contributed by atoms with Crippen LogP contribution in [0.4, 0.5) is 5.00 Å². The van der Waals surface area contributed by atoms with Crippen LogP contribution in [0.5, 0.6) is 5.75 Å². The lowest BCUT2D eigenvalue weighted by atomic mass is 10.1. The van der Waals surface area contributed by atoms with Gasteiger partial charge in [-0.3, -0.25) is 4.79 Å². The van der Waals surface area contributed by atoms with Crippen LogP contribution in [0, 0.1) is 25.2 Å². The van der Waals surface area contributed by atoms with Crippen molar-refractivity contribution in [2.24, 2.45) is 0 Å². The van der Waals surface area contributed by atoms with Crippen LogP contribution in [-0.4, -0.2) is 25.1 Å². The summed E-state index contributed by atoms with van der Waals surface area (Å²) in [5.74, 6) is -0.414. The maximum atomic E-state index is 12.7. The van der Waals surface area contributed by atoms with E-state index in [9.17, 15) is 14.9 Å². The molecule has 0 aliphatic carbocycles. The molecule has 1 aromatic carbocycles. The molecule has 2 rings (SSSR count). The van der Waals surface area contributed by atoms with Crippen LogP contribution in [-0.2, 0) is 9.53 Å². The van der Waals surface area contributed by atoms with Gasteiger partial charge in [0.2, 0.25) is 0 Å². The number of carbonyl (C=O) groups excluding carboxylic acids is 2. The SMILES string of the molecule is CCOC(=O)c1c(NC(=O)/C(C#N)=C/c2ccc(OCC)c(Br)c2)sc(C)c1C. The van der Waals surface area contributed by atoms with Crippen LogP contribution < -0.4 is 10.1 Å². The van der Waals surface area contributed by atoms with Gasteiger partial charge in [0.05, 0.1) is 23.2 Å². The number of rotatable bonds is 7. The van der Waals surface area contributed by atoms with E-state index in [0.717, 1.165) is 14.9 Å². The molecule has 0 saturated heterocycles. The molecule has 0 aliphatic rings. The van der Waals surface area contributed by atoms with Gasteiger partial charge < -0.3 is 14.8 Å². The number of benzene rings is 1. The zero-order chi connectivity index (χ0) is 21.6. The maximum Gasteiger partial charge on any atom is 0.341 e. The fourth-order valence-corrected chi connectivity index (χ4v) is 4.08. The van der Waals surface area contributed by atoms with Gasteiger partial charge in [-0.1, -0.05) is 6.07 Å². The molecule has 0 radical (unpaired) electrons. The fourth-order valence-electron chi connectivity index (χ4n) is 2.53. The highest BCUT2D eigenvalue weighted by Crippen LogP contribution is 2.33. The number of esters is 1. The Balaban J connectivity index is 2.31. The van der Waals surface area contributed by atoms with E-state index < -0.39 is 11.9 Å². The van der Waals surface area contributed by atoms with Crippen molar-refractivity contribution >= 4 is 50.2 Å². The van der Waals surface area contributed by atoms with Crippen LogP contribution in [0.2, 0.25) is 0 Å². The molecule has 1 N–H and O–H groups in total. The minimum Gasteiger partial charge on any atom is -0.493 e. The van der Waals surface area contributed by atoms with E-state index in [4.69, 9.17) is 9.47 Å². The van der Waals surface area contributed by atoms with Gasteiger partial charge in [0, 0.05) is 4.88 Å². The van der Waals surface area contributed by atoms with E-state index in [1.807, 2.05) is 19.9 Å². The minimum absolute atomic E-state index is 0.0837. The number of aryl methyl sites for hydroxylation is 1. The van der Waals surface area contributed by atoms with Gasteiger partial charge in [0.1, 0.15) is 22.4 Å². The third-order valence-corrected chi connectivity index (χ3v) is 5.77. The van der Waals surface area contributed by atoms with Gasteiger partial charge in [-0.25, -0.2) is 4.79 Å². The van der Waals surface area contributed by atoms with E-state index in [0.29, 0.717) is 28.5 Å². The molecule has 152 valence electrons. The number of nitrogens with zero attached hydrogens (tertiary/aromatic N) is 1. The van der Waals surface area contributed by atoms with Crippen LogP contribution in [0.1, 0.15) is 40.2 Å². The Morgan fingerprint density at radius 1 is 1.28 bits per heavy atom. The Morgan fingerprint density at radius 3 is 2.59 bits per heavy atom. The number of thiophene rings is 1. The van der Waals surface area contributed by atoms with Crippen molar-refractivity contribution in [3.63, 3.8) is 0 Å². The van der Waals surface area contributed by atoms with E-state index >= 15 is 0 Å². The fraction of sp³-hybridized carbons (Fsp3) is 0.286. The number of ether oxygens (including phenoxy) is 2. The van der Waals surface area contributed by atoms with E-state index in [2.05, 4.69) is 21.2 Å². The van der Waals surface area contributed by atoms with Crippen molar-refractivity contribution in [1.29, 1.82) is 5.26 Å². The topological polar surface area (TPSA) is 88.4 Å². The summed E-state index contributed by atoms with van der Waals surface area (Å²) in [5.41, 5.74) is 1.65. The summed E-state index contributed by atoms with van der Waals surface area (Å²) in [7, 11) is 0. The number of hydrogen-bond donors (Lipinski definition) is 1.